The summed E-state index contributed by atoms with van der Waals surface area (Å²) in [4.78, 5) is 28.8. The molecule has 0 radical (unpaired) electrons. The molecule has 1 aromatic rings. The molecule has 0 saturated heterocycles. The molecule has 0 aliphatic rings. The summed E-state index contributed by atoms with van der Waals surface area (Å²) >= 11 is 0. The van der Waals surface area contributed by atoms with Crippen molar-refractivity contribution in [1.82, 2.24) is 18.9 Å². The van der Waals surface area contributed by atoms with Crippen LogP contribution < -0.4 is 11.2 Å². The fourth-order valence-electron chi connectivity index (χ4n) is 2.98. The summed E-state index contributed by atoms with van der Waals surface area (Å²) in [6, 6.07) is 1.30. The van der Waals surface area contributed by atoms with Crippen molar-refractivity contribution in [2.75, 3.05) is 39.3 Å². The summed E-state index contributed by atoms with van der Waals surface area (Å²) < 4.78 is 2.37. The Hall–Kier alpha value is -1.48. The minimum Gasteiger partial charge on any atom is -0.390 e. The Kier molecular flexibility index (Phi) is 9.79. The quantitative estimate of drug-likeness (QED) is 0.511. The van der Waals surface area contributed by atoms with E-state index in [1.807, 2.05) is 32.6 Å². The third kappa shape index (κ3) is 6.68. The van der Waals surface area contributed by atoms with Crippen LogP contribution in [0.15, 0.2) is 21.9 Å². The van der Waals surface area contributed by atoms with E-state index in [-0.39, 0.29) is 13.1 Å². The van der Waals surface area contributed by atoms with Gasteiger partial charge in [-0.3, -0.25) is 13.9 Å². The average Bonchev–Trinajstić information content (AvgIpc) is 2.63. The highest BCUT2D eigenvalue weighted by Crippen LogP contribution is 1.97. The second-order valence-corrected chi connectivity index (χ2v) is 6.48. The fraction of sp³-hybridized carbons (Fsp3) is 0.778. The average molecular weight is 370 g/mol. The Bertz CT molecular complexity index is 635. The van der Waals surface area contributed by atoms with Crippen LogP contribution in [0.2, 0.25) is 0 Å². The van der Waals surface area contributed by atoms with Crippen LogP contribution in [0.25, 0.3) is 0 Å². The Morgan fingerprint density at radius 3 is 1.81 bits per heavy atom. The van der Waals surface area contributed by atoms with E-state index in [9.17, 15) is 19.8 Å². The van der Waals surface area contributed by atoms with Gasteiger partial charge in [-0.25, -0.2) is 4.79 Å². The minimum absolute atomic E-state index is 0.0544. The first-order valence-corrected chi connectivity index (χ1v) is 9.47. The molecule has 2 unspecified atom stereocenters. The van der Waals surface area contributed by atoms with Gasteiger partial charge in [-0.2, -0.15) is 0 Å². The van der Waals surface area contributed by atoms with Gasteiger partial charge >= 0.3 is 5.69 Å². The summed E-state index contributed by atoms with van der Waals surface area (Å²) in [6.45, 7) is 12.2. The van der Waals surface area contributed by atoms with Gasteiger partial charge in [0.15, 0.2) is 0 Å². The standard InChI is InChI=1S/C18H34N4O4/c1-5-19(6-2)11-15(23)13-21-10-9-17(25)22(18(21)26)14-16(24)12-20(7-3)8-4/h9-10,15-16,23-24H,5-8,11-14H2,1-4H3. The van der Waals surface area contributed by atoms with Crippen LogP contribution in [0.3, 0.4) is 0 Å². The zero-order valence-corrected chi connectivity index (χ0v) is 16.5. The first-order valence-electron chi connectivity index (χ1n) is 9.47. The van der Waals surface area contributed by atoms with Gasteiger partial charge in [-0.05, 0) is 26.2 Å². The zero-order chi connectivity index (χ0) is 19.7. The number of likely N-dealkylation sites (N-methyl/N-ethyl adjacent to an activating group) is 2. The molecule has 26 heavy (non-hydrogen) atoms. The van der Waals surface area contributed by atoms with Gasteiger partial charge in [0.05, 0.1) is 25.3 Å². The second-order valence-electron chi connectivity index (χ2n) is 6.48. The molecule has 0 spiro atoms. The molecule has 0 aliphatic heterocycles. The van der Waals surface area contributed by atoms with Gasteiger partial charge in [0.2, 0.25) is 0 Å². The number of aliphatic hydroxyl groups is 2. The number of nitrogens with zero attached hydrogens (tertiary/aromatic N) is 4. The fourth-order valence-corrected chi connectivity index (χ4v) is 2.98. The molecule has 1 aromatic heterocycles. The third-order valence-electron chi connectivity index (χ3n) is 4.67. The van der Waals surface area contributed by atoms with E-state index in [1.54, 1.807) is 0 Å². The number of aliphatic hydroxyl groups excluding tert-OH is 2. The molecule has 8 heteroatoms. The van der Waals surface area contributed by atoms with Crippen LogP contribution in [0.1, 0.15) is 27.7 Å². The van der Waals surface area contributed by atoms with E-state index >= 15 is 0 Å². The van der Waals surface area contributed by atoms with Crippen molar-refractivity contribution in [3.05, 3.63) is 33.1 Å². The first-order chi connectivity index (χ1) is 12.4. The number of hydrogen-bond acceptors (Lipinski definition) is 6. The predicted molar refractivity (Wildman–Crippen MR) is 103 cm³/mol. The highest BCUT2D eigenvalue weighted by Gasteiger charge is 2.15. The Morgan fingerprint density at radius 1 is 0.885 bits per heavy atom. The van der Waals surface area contributed by atoms with Crippen molar-refractivity contribution in [3.8, 4) is 0 Å². The maximum atomic E-state index is 12.6. The summed E-state index contributed by atoms with van der Waals surface area (Å²) in [6.07, 6.45) is -0.112. The number of hydrogen-bond donors (Lipinski definition) is 2. The second kappa shape index (κ2) is 11.3. The Balaban J connectivity index is 2.87. The van der Waals surface area contributed by atoms with Crippen LogP contribution in [0, 0.1) is 0 Å². The highest BCUT2D eigenvalue weighted by atomic mass is 16.3. The maximum absolute atomic E-state index is 12.6. The lowest BCUT2D eigenvalue weighted by Crippen LogP contribution is -2.45. The first kappa shape index (κ1) is 22.6. The van der Waals surface area contributed by atoms with Crippen LogP contribution in [0.5, 0.6) is 0 Å². The summed E-state index contributed by atoms with van der Waals surface area (Å²) in [7, 11) is 0. The molecule has 8 nitrogen and oxygen atoms in total. The normalized spacial score (nSPS) is 14.2. The van der Waals surface area contributed by atoms with Crippen molar-refractivity contribution in [2.45, 2.75) is 53.0 Å². The molecule has 0 fully saturated rings. The number of rotatable bonds is 12. The molecule has 1 rings (SSSR count). The van der Waals surface area contributed by atoms with Gasteiger partial charge in [0.1, 0.15) is 0 Å². The van der Waals surface area contributed by atoms with E-state index in [0.29, 0.717) is 13.1 Å². The molecule has 0 aromatic carbocycles. The molecule has 150 valence electrons. The zero-order valence-electron chi connectivity index (χ0n) is 16.5. The van der Waals surface area contributed by atoms with Crippen molar-refractivity contribution in [3.63, 3.8) is 0 Å². The van der Waals surface area contributed by atoms with E-state index in [2.05, 4.69) is 4.90 Å². The lowest BCUT2D eigenvalue weighted by atomic mass is 10.3. The van der Waals surface area contributed by atoms with Gasteiger partial charge in [0.25, 0.3) is 5.56 Å². The van der Waals surface area contributed by atoms with Crippen molar-refractivity contribution < 1.29 is 10.2 Å². The molecular weight excluding hydrogens is 336 g/mol. The maximum Gasteiger partial charge on any atom is 0.331 e. The molecule has 1 heterocycles. The third-order valence-corrected chi connectivity index (χ3v) is 4.67. The predicted octanol–water partition coefficient (Wildman–Crippen LogP) is -0.585. The molecule has 0 bridgehead atoms. The largest absolute Gasteiger partial charge is 0.390 e. The van der Waals surface area contributed by atoms with Gasteiger partial charge in [0, 0.05) is 25.4 Å². The van der Waals surface area contributed by atoms with E-state index in [0.717, 1.165) is 30.7 Å². The SMILES string of the molecule is CCN(CC)CC(O)Cn1ccc(=O)n(CC(O)CN(CC)CC)c1=O. The summed E-state index contributed by atoms with van der Waals surface area (Å²) in [5.74, 6) is 0. The highest BCUT2D eigenvalue weighted by molar-refractivity contribution is 4.88. The monoisotopic (exact) mass is 370 g/mol. The van der Waals surface area contributed by atoms with E-state index in [4.69, 9.17) is 0 Å². The van der Waals surface area contributed by atoms with E-state index in [1.165, 1.54) is 16.8 Å². The smallest absolute Gasteiger partial charge is 0.331 e. The van der Waals surface area contributed by atoms with Crippen LogP contribution >= 0.6 is 0 Å². The van der Waals surface area contributed by atoms with Crippen LogP contribution in [-0.2, 0) is 13.1 Å². The van der Waals surface area contributed by atoms with Gasteiger partial charge < -0.3 is 20.0 Å². The van der Waals surface area contributed by atoms with Crippen LogP contribution in [0.4, 0.5) is 0 Å². The summed E-state index contributed by atoms with van der Waals surface area (Å²) in [5, 5.41) is 20.5. The summed E-state index contributed by atoms with van der Waals surface area (Å²) in [5.41, 5.74) is -0.947. The van der Waals surface area contributed by atoms with Crippen molar-refractivity contribution in [2.24, 2.45) is 0 Å². The van der Waals surface area contributed by atoms with Gasteiger partial charge in [-0.15, -0.1) is 0 Å². The molecule has 0 aliphatic carbocycles. The topological polar surface area (TPSA) is 90.9 Å². The molecule has 0 saturated carbocycles. The number of aromatic nitrogens is 2. The van der Waals surface area contributed by atoms with Gasteiger partial charge in [-0.1, -0.05) is 27.7 Å². The minimum atomic E-state index is -0.809. The lowest BCUT2D eigenvalue weighted by molar-refractivity contribution is 0.0947. The Morgan fingerprint density at radius 2 is 1.35 bits per heavy atom. The van der Waals surface area contributed by atoms with Crippen molar-refractivity contribution in [1.29, 1.82) is 0 Å². The van der Waals surface area contributed by atoms with Crippen LogP contribution in [-0.4, -0.2) is 80.6 Å². The molecule has 0 amide bonds. The Labute approximate surface area is 155 Å². The molecule has 2 N–H and O–H groups in total. The van der Waals surface area contributed by atoms with Crippen molar-refractivity contribution >= 4 is 0 Å². The van der Waals surface area contributed by atoms with E-state index < -0.39 is 23.5 Å². The molecule has 2 atom stereocenters. The molecular formula is C18H34N4O4. The lowest BCUT2D eigenvalue weighted by Gasteiger charge is -2.23.